The Morgan fingerprint density at radius 2 is 1.85 bits per heavy atom. The van der Waals surface area contributed by atoms with Crippen LogP contribution >= 0.6 is 0 Å². The van der Waals surface area contributed by atoms with E-state index in [0.717, 1.165) is 48.2 Å². The normalized spacial score (nSPS) is 13.2. The molecule has 1 aliphatic rings. The fourth-order valence-corrected chi connectivity index (χ4v) is 4.22. The van der Waals surface area contributed by atoms with Crippen LogP contribution in [0.25, 0.3) is 11.1 Å². The van der Waals surface area contributed by atoms with Crippen molar-refractivity contribution in [2.75, 3.05) is 13.1 Å². The predicted octanol–water partition coefficient (Wildman–Crippen LogP) is 4.16. The first-order valence-corrected chi connectivity index (χ1v) is 11.3. The molecular weight excluding hydrogens is 412 g/mol. The van der Waals surface area contributed by atoms with Crippen LogP contribution in [0.1, 0.15) is 32.6 Å². The number of carbonyl (C=O) groups excluding carboxylic acids is 1. The number of pyridine rings is 1. The van der Waals surface area contributed by atoms with Crippen molar-refractivity contribution in [3.05, 3.63) is 101 Å². The molecule has 0 unspecified atom stereocenters. The van der Waals surface area contributed by atoms with Crippen molar-refractivity contribution in [3.63, 3.8) is 0 Å². The molecule has 0 saturated heterocycles. The third-order valence-electron chi connectivity index (χ3n) is 6.01. The quantitative estimate of drug-likeness (QED) is 0.424. The van der Waals surface area contributed by atoms with Gasteiger partial charge in [0.2, 0.25) is 0 Å². The lowest BCUT2D eigenvalue weighted by Gasteiger charge is -2.13. The standard InChI is InChI=1S/C27H26N4O2/c32-26(13-19-3-4-21-7-10-28-11-8-23(21)12-19)25-6-5-22(24-16-30-31-17-24)14-27(25)33-18-20-2-1-9-29-15-20/h1-6,9,12,14-17,28H,7-8,10-11,13,18H2,(H,30,31). The maximum Gasteiger partial charge on any atom is 0.170 e. The topological polar surface area (TPSA) is 79.9 Å². The van der Waals surface area contributed by atoms with Crippen LogP contribution in [0.3, 0.4) is 0 Å². The number of nitrogens with zero attached hydrogens (tertiary/aromatic N) is 2. The highest BCUT2D eigenvalue weighted by atomic mass is 16.5. The summed E-state index contributed by atoms with van der Waals surface area (Å²) in [5.74, 6) is 0.614. The number of fused-ring (bicyclic) bond motifs is 1. The van der Waals surface area contributed by atoms with E-state index in [0.29, 0.717) is 24.3 Å². The molecular formula is C27H26N4O2. The SMILES string of the molecule is O=C(Cc1ccc2c(c1)CCNCC2)c1ccc(-c2cn[nH]c2)cc1OCc1cccnc1. The number of aromatic amines is 1. The van der Waals surface area contributed by atoms with Gasteiger partial charge in [-0.3, -0.25) is 14.9 Å². The van der Waals surface area contributed by atoms with Gasteiger partial charge in [-0.1, -0.05) is 30.3 Å². The first-order valence-electron chi connectivity index (χ1n) is 11.3. The smallest absolute Gasteiger partial charge is 0.170 e. The number of hydrogen-bond acceptors (Lipinski definition) is 5. The molecule has 2 N–H and O–H groups in total. The summed E-state index contributed by atoms with van der Waals surface area (Å²) in [4.78, 5) is 17.5. The third-order valence-corrected chi connectivity index (χ3v) is 6.01. The maximum atomic E-state index is 13.4. The molecule has 3 heterocycles. The van der Waals surface area contributed by atoms with Crippen LogP contribution in [-0.2, 0) is 25.9 Å². The van der Waals surface area contributed by atoms with E-state index in [1.165, 1.54) is 11.1 Å². The molecule has 166 valence electrons. The lowest BCUT2D eigenvalue weighted by molar-refractivity contribution is 0.0988. The maximum absolute atomic E-state index is 13.4. The van der Waals surface area contributed by atoms with Crippen LogP contribution < -0.4 is 10.1 Å². The van der Waals surface area contributed by atoms with Gasteiger partial charge >= 0.3 is 0 Å². The summed E-state index contributed by atoms with van der Waals surface area (Å²) < 4.78 is 6.13. The lowest BCUT2D eigenvalue weighted by atomic mass is 9.95. The number of Topliss-reactive ketones (excluding diaryl/α,β-unsaturated/α-hetero) is 1. The summed E-state index contributed by atoms with van der Waals surface area (Å²) >= 11 is 0. The van der Waals surface area contributed by atoms with Gasteiger partial charge in [-0.25, -0.2) is 0 Å². The van der Waals surface area contributed by atoms with Gasteiger partial charge in [0.25, 0.3) is 0 Å². The van der Waals surface area contributed by atoms with Gasteiger partial charge in [0.1, 0.15) is 12.4 Å². The molecule has 0 amide bonds. The minimum Gasteiger partial charge on any atom is -0.488 e. The van der Waals surface area contributed by atoms with E-state index in [-0.39, 0.29) is 5.78 Å². The number of hydrogen-bond donors (Lipinski definition) is 2. The average Bonchev–Trinajstić information content (AvgIpc) is 3.29. The van der Waals surface area contributed by atoms with Crippen molar-refractivity contribution in [3.8, 4) is 16.9 Å². The molecule has 0 fully saturated rings. The molecule has 0 bridgehead atoms. The van der Waals surface area contributed by atoms with Crippen LogP contribution in [0, 0.1) is 0 Å². The van der Waals surface area contributed by atoms with Gasteiger partial charge in [-0.05, 0) is 66.4 Å². The van der Waals surface area contributed by atoms with E-state index in [9.17, 15) is 4.79 Å². The highest BCUT2D eigenvalue weighted by Gasteiger charge is 2.17. The Labute approximate surface area is 193 Å². The number of benzene rings is 2. The van der Waals surface area contributed by atoms with Gasteiger partial charge in [0, 0.05) is 36.1 Å². The van der Waals surface area contributed by atoms with E-state index >= 15 is 0 Å². The summed E-state index contributed by atoms with van der Waals surface area (Å²) in [5.41, 5.74) is 7.18. The number of carbonyl (C=O) groups is 1. The number of aromatic nitrogens is 3. The van der Waals surface area contributed by atoms with Crippen molar-refractivity contribution < 1.29 is 9.53 Å². The lowest BCUT2D eigenvalue weighted by Crippen LogP contribution is -2.16. The van der Waals surface area contributed by atoms with Gasteiger partial charge in [0.05, 0.1) is 11.8 Å². The summed E-state index contributed by atoms with van der Waals surface area (Å²) in [5, 5.41) is 10.3. The monoisotopic (exact) mass is 438 g/mol. The first-order chi connectivity index (χ1) is 16.3. The average molecular weight is 439 g/mol. The van der Waals surface area contributed by atoms with Crippen molar-refractivity contribution in [2.45, 2.75) is 25.9 Å². The summed E-state index contributed by atoms with van der Waals surface area (Å²) in [6.07, 6.45) is 9.45. The molecule has 4 aromatic rings. The minimum atomic E-state index is 0.0432. The Morgan fingerprint density at radius 1 is 0.939 bits per heavy atom. The number of nitrogens with one attached hydrogen (secondary N) is 2. The van der Waals surface area contributed by atoms with Crippen molar-refractivity contribution in [1.29, 1.82) is 0 Å². The Morgan fingerprint density at radius 3 is 2.67 bits per heavy atom. The molecule has 0 atom stereocenters. The Hall–Kier alpha value is -3.77. The van der Waals surface area contributed by atoms with Gasteiger partial charge < -0.3 is 10.1 Å². The Bertz CT molecular complexity index is 1240. The zero-order valence-corrected chi connectivity index (χ0v) is 18.4. The number of rotatable bonds is 7. The zero-order chi connectivity index (χ0) is 22.5. The summed E-state index contributed by atoms with van der Waals surface area (Å²) in [7, 11) is 0. The summed E-state index contributed by atoms with van der Waals surface area (Å²) in [6.45, 7) is 2.33. The van der Waals surface area contributed by atoms with Crippen molar-refractivity contribution in [1.82, 2.24) is 20.5 Å². The van der Waals surface area contributed by atoms with Crippen LogP contribution in [0.4, 0.5) is 0 Å². The predicted molar refractivity (Wildman–Crippen MR) is 127 cm³/mol. The van der Waals surface area contributed by atoms with Gasteiger partial charge in [-0.2, -0.15) is 5.10 Å². The fraction of sp³-hybridized carbons (Fsp3) is 0.222. The molecule has 0 saturated carbocycles. The van der Waals surface area contributed by atoms with Crippen molar-refractivity contribution in [2.24, 2.45) is 0 Å². The molecule has 6 nitrogen and oxygen atoms in total. The molecule has 0 radical (unpaired) electrons. The zero-order valence-electron chi connectivity index (χ0n) is 18.4. The summed E-state index contributed by atoms with van der Waals surface area (Å²) in [6, 6.07) is 16.0. The van der Waals surface area contributed by atoms with E-state index < -0.39 is 0 Å². The highest BCUT2D eigenvalue weighted by molar-refractivity contribution is 6.00. The highest BCUT2D eigenvalue weighted by Crippen LogP contribution is 2.29. The van der Waals surface area contributed by atoms with Crippen LogP contribution in [0.15, 0.2) is 73.3 Å². The molecule has 2 aromatic heterocycles. The second kappa shape index (κ2) is 9.79. The second-order valence-electron chi connectivity index (χ2n) is 8.30. The largest absolute Gasteiger partial charge is 0.488 e. The van der Waals surface area contributed by atoms with E-state index in [2.05, 4.69) is 38.7 Å². The van der Waals surface area contributed by atoms with Crippen molar-refractivity contribution >= 4 is 5.78 Å². The van der Waals surface area contributed by atoms with E-state index in [4.69, 9.17) is 4.74 Å². The molecule has 1 aliphatic heterocycles. The van der Waals surface area contributed by atoms with Crippen LogP contribution in [-0.4, -0.2) is 34.1 Å². The second-order valence-corrected chi connectivity index (χ2v) is 8.30. The number of H-pyrrole nitrogens is 1. The van der Waals surface area contributed by atoms with E-state index in [1.807, 2.05) is 36.5 Å². The molecule has 33 heavy (non-hydrogen) atoms. The Balaban J connectivity index is 1.41. The van der Waals surface area contributed by atoms with Crippen LogP contribution in [0.5, 0.6) is 5.75 Å². The fourth-order valence-electron chi connectivity index (χ4n) is 4.22. The number of ether oxygens (including phenoxy) is 1. The molecule has 0 spiro atoms. The number of ketones is 1. The first kappa shape index (κ1) is 21.1. The Kier molecular flexibility index (Phi) is 6.26. The minimum absolute atomic E-state index is 0.0432. The molecule has 0 aliphatic carbocycles. The molecule has 5 rings (SSSR count). The molecule has 6 heteroatoms. The van der Waals surface area contributed by atoms with Crippen LogP contribution in [0.2, 0.25) is 0 Å². The van der Waals surface area contributed by atoms with E-state index in [1.54, 1.807) is 18.6 Å². The molecule has 2 aromatic carbocycles. The van der Waals surface area contributed by atoms with Gasteiger partial charge in [0.15, 0.2) is 5.78 Å². The van der Waals surface area contributed by atoms with Gasteiger partial charge in [-0.15, -0.1) is 0 Å². The third kappa shape index (κ3) is 5.02.